The normalized spacial score (nSPS) is 9.73. The molecule has 1 aromatic carbocycles. The van der Waals surface area contributed by atoms with Gasteiger partial charge < -0.3 is 10.5 Å². The Morgan fingerprint density at radius 3 is 2.87 bits per heavy atom. The van der Waals surface area contributed by atoms with Crippen molar-refractivity contribution in [2.75, 3.05) is 17.7 Å². The molecule has 4 heteroatoms. The Bertz CT molecular complexity index is 350. The summed E-state index contributed by atoms with van der Waals surface area (Å²) in [5.74, 6) is 0. The lowest BCUT2D eigenvalue weighted by molar-refractivity contribution is 0.161. The zero-order chi connectivity index (χ0) is 11.3. The first kappa shape index (κ1) is 11.4. The van der Waals surface area contributed by atoms with Crippen molar-refractivity contribution >= 4 is 17.5 Å². The van der Waals surface area contributed by atoms with Crippen LogP contribution < -0.4 is 11.1 Å². The van der Waals surface area contributed by atoms with Crippen LogP contribution in [-0.2, 0) is 4.74 Å². The zero-order valence-electron chi connectivity index (χ0n) is 9.04. The maximum atomic E-state index is 11.2. The van der Waals surface area contributed by atoms with Gasteiger partial charge in [-0.25, -0.2) is 4.79 Å². The second-order valence-corrected chi connectivity index (χ2v) is 3.34. The third kappa shape index (κ3) is 3.50. The lowest BCUT2D eigenvalue weighted by Gasteiger charge is -2.08. The summed E-state index contributed by atoms with van der Waals surface area (Å²) in [7, 11) is 0. The van der Waals surface area contributed by atoms with E-state index in [2.05, 4.69) is 5.32 Å². The van der Waals surface area contributed by atoms with E-state index in [-0.39, 0.29) is 0 Å². The molecule has 82 valence electrons. The summed E-state index contributed by atoms with van der Waals surface area (Å²) in [5.41, 5.74) is 7.92. The van der Waals surface area contributed by atoms with Crippen LogP contribution in [0.2, 0.25) is 0 Å². The number of nitrogen functional groups attached to an aromatic ring is 1. The molecule has 1 aromatic rings. The first-order valence-corrected chi connectivity index (χ1v) is 4.93. The van der Waals surface area contributed by atoms with Crippen molar-refractivity contribution in [3.8, 4) is 0 Å². The fraction of sp³-hybridized carbons (Fsp3) is 0.364. The highest BCUT2D eigenvalue weighted by Crippen LogP contribution is 2.17. The number of carbonyl (C=O) groups excluding carboxylic acids is 1. The van der Waals surface area contributed by atoms with E-state index in [1.54, 1.807) is 18.2 Å². The van der Waals surface area contributed by atoms with Crippen LogP contribution in [0.25, 0.3) is 0 Å². The monoisotopic (exact) mass is 208 g/mol. The largest absolute Gasteiger partial charge is 0.449 e. The Balaban J connectivity index is 2.60. The third-order valence-corrected chi connectivity index (χ3v) is 1.92. The molecular formula is C11H16N2O2. The second-order valence-electron chi connectivity index (χ2n) is 3.34. The number of hydrogen-bond donors (Lipinski definition) is 2. The number of benzene rings is 1. The van der Waals surface area contributed by atoms with Crippen LogP contribution >= 0.6 is 0 Å². The maximum absolute atomic E-state index is 11.2. The summed E-state index contributed by atoms with van der Waals surface area (Å²) in [6, 6.07) is 5.30. The van der Waals surface area contributed by atoms with Crippen LogP contribution in [0.15, 0.2) is 18.2 Å². The highest BCUT2D eigenvalue weighted by molar-refractivity contribution is 5.86. The molecule has 0 atom stereocenters. The predicted molar refractivity (Wildman–Crippen MR) is 60.9 cm³/mol. The molecule has 0 saturated carbocycles. The van der Waals surface area contributed by atoms with Crippen molar-refractivity contribution in [2.24, 2.45) is 0 Å². The summed E-state index contributed by atoms with van der Waals surface area (Å²) in [4.78, 5) is 11.2. The van der Waals surface area contributed by atoms with Gasteiger partial charge in [-0.15, -0.1) is 0 Å². The van der Waals surface area contributed by atoms with Crippen molar-refractivity contribution in [3.63, 3.8) is 0 Å². The van der Waals surface area contributed by atoms with Crippen LogP contribution in [0.3, 0.4) is 0 Å². The lowest BCUT2D eigenvalue weighted by Crippen LogP contribution is -2.14. The van der Waals surface area contributed by atoms with Crippen molar-refractivity contribution in [1.29, 1.82) is 0 Å². The van der Waals surface area contributed by atoms with Gasteiger partial charge in [-0.1, -0.05) is 6.92 Å². The Morgan fingerprint density at radius 2 is 2.27 bits per heavy atom. The average Bonchev–Trinajstić information content (AvgIpc) is 2.19. The summed E-state index contributed by atoms with van der Waals surface area (Å²) in [6.45, 7) is 4.26. The van der Waals surface area contributed by atoms with Gasteiger partial charge in [-0.3, -0.25) is 5.32 Å². The highest BCUT2D eigenvalue weighted by atomic mass is 16.5. The molecule has 0 aliphatic rings. The number of anilines is 2. The fourth-order valence-electron chi connectivity index (χ4n) is 1.17. The molecule has 0 saturated heterocycles. The fourth-order valence-corrected chi connectivity index (χ4v) is 1.17. The third-order valence-electron chi connectivity index (χ3n) is 1.92. The zero-order valence-corrected chi connectivity index (χ0v) is 9.04. The molecule has 0 aliphatic heterocycles. The molecule has 4 nitrogen and oxygen atoms in total. The van der Waals surface area contributed by atoms with E-state index >= 15 is 0 Å². The topological polar surface area (TPSA) is 64.3 Å². The van der Waals surface area contributed by atoms with Crippen LogP contribution in [0.4, 0.5) is 16.2 Å². The minimum atomic E-state index is -0.426. The standard InChI is InChI=1S/C11H16N2O2/c1-3-6-15-11(14)13-10-5-4-9(12)7-8(10)2/h4-5,7H,3,6,12H2,1-2H3,(H,13,14). The molecule has 1 amide bonds. The van der Waals surface area contributed by atoms with E-state index in [0.29, 0.717) is 12.3 Å². The van der Waals surface area contributed by atoms with Gasteiger partial charge in [0.1, 0.15) is 0 Å². The Labute approximate surface area is 89.4 Å². The minimum absolute atomic E-state index is 0.426. The number of carbonyl (C=O) groups is 1. The van der Waals surface area contributed by atoms with E-state index in [4.69, 9.17) is 10.5 Å². The minimum Gasteiger partial charge on any atom is -0.449 e. The van der Waals surface area contributed by atoms with Gasteiger partial charge in [0.15, 0.2) is 0 Å². The van der Waals surface area contributed by atoms with E-state index < -0.39 is 6.09 Å². The number of ether oxygens (including phenoxy) is 1. The molecule has 0 spiro atoms. The molecule has 1 rings (SSSR count). The summed E-state index contributed by atoms with van der Waals surface area (Å²) in [5, 5.41) is 2.66. The van der Waals surface area contributed by atoms with Crippen LogP contribution in [-0.4, -0.2) is 12.7 Å². The average molecular weight is 208 g/mol. The summed E-state index contributed by atoms with van der Waals surface area (Å²) < 4.78 is 4.90. The molecular weight excluding hydrogens is 192 g/mol. The molecule has 0 radical (unpaired) electrons. The number of nitrogens with one attached hydrogen (secondary N) is 1. The smallest absolute Gasteiger partial charge is 0.411 e. The number of amides is 1. The number of hydrogen-bond acceptors (Lipinski definition) is 3. The molecule has 0 heterocycles. The van der Waals surface area contributed by atoms with Gasteiger partial charge in [0.05, 0.1) is 6.61 Å². The van der Waals surface area contributed by atoms with Crippen molar-refractivity contribution in [1.82, 2.24) is 0 Å². The lowest BCUT2D eigenvalue weighted by atomic mass is 10.2. The Morgan fingerprint density at radius 1 is 1.53 bits per heavy atom. The maximum Gasteiger partial charge on any atom is 0.411 e. The van der Waals surface area contributed by atoms with Crippen LogP contribution in [0.1, 0.15) is 18.9 Å². The van der Waals surface area contributed by atoms with Gasteiger partial charge in [-0.05, 0) is 37.1 Å². The van der Waals surface area contributed by atoms with Gasteiger partial charge in [0.2, 0.25) is 0 Å². The quantitative estimate of drug-likeness (QED) is 0.750. The van der Waals surface area contributed by atoms with Gasteiger partial charge in [0, 0.05) is 11.4 Å². The summed E-state index contributed by atoms with van der Waals surface area (Å²) in [6.07, 6.45) is 0.387. The molecule has 0 bridgehead atoms. The van der Waals surface area contributed by atoms with E-state index in [9.17, 15) is 4.79 Å². The first-order chi connectivity index (χ1) is 7.13. The molecule has 0 fully saturated rings. The van der Waals surface area contributed by atoms with E-state index in [0.717, 1.165) is 17.7 Å². The van der Waals surface area contributed by atoms with Gasteiger partial charge in [-0.2, -0.15) is 0 Å². The molecule has 15 heavy (non-hydrogen) atoms. The van der Waals surface area contributed by atoms with Crippen molar-refractivity contribution in [2.45, 2.75) is 20.3 Å². The molecule has 0 unspecified atom stereocenters. The first-order valence-electron chi connectivity index (χ1n) is 4.93. The number of nitrogens with two attached hydrogens (primary N) is 1. The van der Waals surface area contributed by atoms with Crippen LogP contribution in [0.5, 0.6) is 0 Å². The molecule has 3 N–H and O–H groups in total. The van der Waals surface area contributed by atoms with Gasteiger partial charge in [0.25, 0.3) is 0 Å². The van der Waals surface area contributed by atoms with E-state index in [1.165, 1.54) is 0 Å². The van der Waals surface area contributed by atoms with Gasteiger partial charge >= 0.3 is 6.09 Å². The summed E-state index contributed by atoms with van der Waals surface area (Å²) >= 11 is 0. The number of rotatable bonds is 3. The number of aryl methyl sites for hydroxylation is 1. The second kappa shape index (κ2) is 5.24. The van der Waals surface area contributed by atoms with E-state index in [1.807, 2.05) is 13.8 Å². The van der Waals surface area contributed by atoms with Crippen LogP contribution in [0, 0.1) is 6.92 Å². The van der Waals surface area contributed by atoms with Crippen molar-refractivity contribution in [3.05, 3.63) is 23.8 Å². The Hall–Kier alpha value is -1.71. The molecule has 0 aliphatic carbocycles. The Kier molecular flexibility index (Phi) is 3.97. The highest BCUT2D eigenvalue weighted by Gasteiger charge is 2.04. The predicted octanol–water partition coefficient (Wildman–Crippen LogP) is 2.54. The van der Waals surface area contributed by atoms with Crippen molar-refractivity contribution < 1.29 is 9.53 Å². The SMILES string of the molecule is CCCOC(=O)Nc1ccc(N)cc1C. The molecule has 0 aromatic heterocycles.